The summed E-state index contributed by atoms with van der Waals surface area (Å²) in [7, 11) is 0. The standard InChI is InChI=1S/C13H13F3O3/c1-7-2-3-11(18-6-7)13(17)19-8-4-9(14)12(16)10(15)5-8/h4-5,7,11H,2-3,6H2,1H3. The van der Waals surface area contributed by atoms with Gasteiger partial charge in [0.1, 0.15) is 5.75 Å². The predicted octanol–water partition coefficient (Wildman–Crippen LogP) is 2.82. The lowest BCUT2D eigenvalue weighted by molar-refractivity contribution is -0.151. The topological polar surface area (TPSA) is 35.5 Å². The summed E-state index contributed by atoms with van der Waals surface area (Å²) >= 11 is 0. The van der Waals surface area contributed by atoms with Gasteiger partial charge in [-0.15, -0.1) is 0 Å². The highest BCUT2D eigenvalue weighted by atomic mass is 19.2. The zero-order valence-corrected chi connectivity index (χ0v) is 10.3. The molecule has 0 spiro atoms. The highest BCUT2D eigenvalue weighted by Crippen LogP contribution is 2.23. The maximum absolute atomic E-state index is 12.9. The molecule has 0 aromatic heterocycles. The van der Waals surface area contributed by atoms with Crippen molar-refractivity contribution >= 4 is 5.97 Å². The van der Waals surface area contributed by atoms with E-state index in [1.165, 1.54) is 0 Å². The molecule has 0 amide bonds. The molecule has 1 saturated heterocycles. The molecule has 0 bridgehead atoms. The van der Waals surface area contributed by atoms with E-state index in [1.54, 1.807) is 0 Å². The third-order valence-electron chi connectivity index (χ3n) is 2.94. The minimum Gasteiger partial charge on any atom is -0.424 e. The van der Waals surface area contributed by atoms with E-state index in [4.69, 9.17) is 9.47 Å². The number of rotatable bonds is 2. The summed E-state index contributed by atoms with van der Waals surface area (Å²) in [6, 6.07) is 1.25. The van der Waals surface area contributed by atoms with E-state index in [0.29, 0.717) is 31.1 Å². The van der Waals surface area contributed by atoms with Crippen molar-refractivity contribution in [1.82, 2.24) is 0 Å². The van der Waals surface area contributed by atoms with Gasteiger partial charge in [-0.2, -0.15) is 0 Å². The first-order valence-corrected chi connectivity index (χ1v) is 5.95. The molecule has 1 heterocycles. The van der Waals surface area contributed by atoms with Crippen LogP contribution in [-0.2, 0) is 9.53 Å². The number of hydrogen-bond acceptors (Lipinski definition) is 3. The fourth-order valence-corrected chi connectivity index (χ4v) is 1.84. The van der Waals surface area contributed by atoms with Gasteiger partial charge in [0.2, 0.25) is 0 Å². The number of esters is 1. The van der Waals surface area contributed by atoms with Crippen LogP contribution < -0.4 is 4.74 Å². The highest BCUT2D eigenvalue weighted by molar-refractivity contribution is 5.77. The molecule has 2 unspecified atom stereocenters. The summed E-state index contributed by atoms with van der Waals surface area (Å²) in [6.07, 6.45) is 0.560. The Morgan fingerprint density at radius 3 is 2.42 bits per heavy atom. The van der Waals surface area contributed by atoms with Gasteiger partial charge in [0.25, 0.3) is 0 Å². The normalized spacial score (nSPS) is 23.2. The van der Waals surface area contributed by atoms with Gasteiger partial charge in [0.15, 0.2) is 23.6 Å². The maximum atomic E-state index is 12.9. The van der Waals surface area contributed by atoms with Gasteiger partial charge in [0.05, 0.1) is 6.61 Å². The maximum Gasteiger partial charge on any atom is 0.340 e. The number of halogens is 3. The number of hydrogen-bond donors (Lipinski definition) is 0. The van der Waals surface area contributed by atoms with Crippen LogP contribution in [0.5, 0.6) is 5.75 Å². The molecule has 3 nitrogen and oxygen atoms in total. The zero-order valence-electron chi connectivity index (χ0n) is 10.3. The molecular weight excluding hydrogens is 261 g/mol. The zero-order chi connectivity index (χ0) is 14.0. The molecule has 0 aliphatic carbocycles. The van der Waals surface area contributed by atoms with Crippen LogP contribution in [0.25, 0.3) is 0 Å². The van der Waals surface area contributed by atoms with Crippen molar-refractivity contribution in [2.45, 2.75) is 25.9 Å². The van der Waals surface area contributed by atoms with Crippen LogP contribution >= 0.6 is 0 Å². The van der Waals surface area contributed by atoms with Crippen LogP contribution in [-0.4, -0.2) is 18.7 Å². The smallest absolute Gasteiger partial charge is 0.340 e. The monoisotopic (exact) mass is 274 g/mol. The summed E-state index contributed by atoms with van der Waals surface area (Å²) in [6.45, 7) is 2.43. The van der Waals surface area contributed by atoms with E-state index >= 15 is 0 Å². The van der Waals surface area contributed by atoms with Crippen LogP contribution in [0.2, 0.25) is 0 Å². The number of carbonyl (C=O) groups excluding carboxylic acids is 1. The van der Waals surface area contributed by atoms with Crippen LogP contribution in [0.3, 0.4) is 0 Å². The van der Waals surface area contributed by atoms with Gasteiger partial charge < -0.3 is 9.47 Å². The fourth-order valence-electron chi connectivity index (χ4n) is 1.84. The first-order chi connectivity index (χ1) is 8.97. The lowest BCUT2D eigenvalue weighted by Crippen LogP contribution is -2.34. The Labute approximate surface area is 108 Å². The second-order valence-corrected chi connectivity index (χ2v) is 4.63. The van der Waals surface area contributed by atoms with Gasteiger partial charge in [-0.3, -0.25) is 0 Å². The molecular formula is C13H13F3O3. The molecule has 1 aromatic carbocycles. The van der Waals surface area contributed by atoms with E-state index in [9.17, 15) is 18.0 Å². The van der Waals surface area contributed by atoms with Gasteiger partial charge in [-0.05, 0) is 18.8 Å². The Hall–Kier alpha value is -1.56. The molecule has 104 valence electrons. The third kappa shape index (κ3) is 3.26. The van der Waals surface area contributed by atoms with Crippen molar-refractivity contribution < 1.29 is 27.4 Å². The second kappa shape index (κ2) is 5.61. The van der Waals surface area contributed by atoms with Crippen LogP contribution in [0, 0.1) is 23.4 Å². The summed E-state index contributed by atoms with van der Waals surface area (Å²) < 4.78 is 48.7. The lowest BCUT2D eigenvalue weighted by atomic mass is 10.0. The summed E-state index contributed by atoms with van der Waals surface area (Å²) in [5.74, 6) is -5.13. The van der Waals surface area contributed by atoms with Gasteiger partial charge in [-0.1, -0.05) is 6.92 Å². The van der Waals surface area contributed by atoms with Crippen molar-refractivity contribution in [1.29, 1.82) is 0 Å². The summed E-state index contributed by atoms with van der Waals surface area (Å²) in [5.41, 5.74) is 0. The first kappa shape index (κ1) is 13.9. The molecule has 1 aliphatic heterocycles. The molecule has 0 saturated carbocycles. The van der Waals surface area contributed by atoms with Crippen LogP contribution in [0.15, 0.2) is 12.1 Å². The molecule has 1 aromatic rings. The second-order valence-electron chi connectivity index (χ2n) is 4.63. The lowest BCUT2D eigenvalue weighted by Gasteiger charge is -2.25. The Morgan fingerprint density at radius 1 is 1.26 bits per heavy atom. The molecule has 6 heteroatoms. The minimum atomic E-state index is -1.59. The van der Waals surface area contributed by atoms with E-state index < -0.39 is 29.5 Å². The molecule has 19 heavy (non-hydrogen) atoms. The SMILES string of the molecule is CC1CCC(C(=O)Oc2cc(F)c(F)c(F)c2)OC1. The average Bonchev–Trinajstić information content (AvgIpc) is 2.36. The summed E-state index contributed by atoms with van der Waals surface area (Å²) in [4.78, 5) is 11.7. The predicted molar refractivity (Wildman–Crippen MR) is 60.1 cm³/mol. The van der Waals surface area contributed by atoms with Crippen LogP contribution in [0.1, 0.15) is 19.8 Å². The number of ether oxygens (including phenoxy) is 2. The van der Waals surface area contributed by atoms with E-state index in [-0.39, 0.29) is 5.75 Å². The number of carbonyl (C=O) groups is 1. The minimum absolute atomic E-state index is 0.366. The summed E-state index contributed by atoms with van der Waals surface area (Å²) in [5, 5.41) is 0. The molecule has 0 radical (unpaired) electrons. The Balaban J connectivity index is 2.03. The van der Waals surface area contributed by atoms with Crippen molar-refractivity contribution in [2.24, 2.45) is 5.92 Å². The molecule has 1 aliphatic rings. The largest absolute Gasteiger partial charge is 0.424 e. The van der Waals surface area contributed by atoms with Gasteiger partial charge in [0, 0.05) is 12.1 Å². The highest BCUT2D eigenvalue weighted by Gasteiger charge is 2.27. The van der Waals surface area contributed by atoms with Crippen molar-refractivity contribution in [2.75, 3.05) is 6.61 Å². The molecule has 2 atom stereocenters. The molecule has 0 N–H and O–H groups in total. The fraction of sp³-hybridized carbons (Fsp3) is 0.462. The molecule has 1 fully saturated rings. The quantitative estimate of drug-likeness (QED) is 0.472. The van der Waals surface area contributed by atoms with Crippen molar-refractivity contribution in [3.8, 4) is 5.75 Å². The van der Waals surface area contributed by atoms with E-state index in [2.05, 4.69) is 0 Å². The number of benzene rings is 1. The van der Waals surface area contributed by atoms with Gasteiger partial charge >= 0.3 is 5.97 Å². The van der Waals surface area contributed by atoms with E-state index in [0.717, 1.165) is 6.42 Å². The Kier molecular flexibility index (Phi) is 4.09. The van der Waals surface area contributed by atoms with Crippen molar-refractivity contribution in [3.05, 3.63) is 29.6 Å². The Bertz CT molecular complexity index is 459. The third-order valence-corrected chi connectivity index (χ3v) is 2.94. The molecule has 2 rings (SSSR count). The average molecular weight is 274 g/mol. The Morgan fingerprint density at radius 2 is 1.89 bits per heavy atom. The van der Waals surface area contributed by atoms with E-state index in [1.807, 2.05) is 6.92 Å². The van der Waals surface area contributed by atoms with Crippen LogP contribution in [0.4, 0.5) is 13.2 Å². The first-order valence-electron chi connectivity index (χ1n) is 5.95. The van der Waals surface area contributed by atoms with Crippen molar-refractivity contribution in [3.63, 3.8) is 0 Å². The van der Waals surface area contributed by atoms with Gasteiger partial charge in [-0.25, -0.2) is 18.0 Å².